The Morgan fingerprint density at radius 3 is 2.81 bits per heavy atom. The SMILES string of the molecule is CCN=CC(=CN)c1nc(NC2CCCCC2NC)c(F)c2c1C(=O)NC2. The third kappa shape index (κ3) is 3.80. The largest absolute Gasteiger partial charge is 0.404 e. The van der Waals surface area contributed by atoms with Crippen LogP contribution in [0.15, 0.2) is 11.2 Å². The summed E-state index contributed by atoms with van der Waals surface area (Å²) in [5, 5.41) is 9.25. The highest BCUT2D eigenvalue weighted by Crippen LogP contribution is 2.31. The third-order valence-corrected chi connectivity index (χ3v) is 5.21. The number of nitrogens with one attached hydrogen (secondary N) is 3. The molecule has 146 valence electrons. The molecule has 1 aliphatic heterocycles. The molecule has 0 bridgehead atoms. The van der Waals surface area contributed by atoms with E-state index in [0.717, 1.165) is 25.7 Å². The molecule has 0 aromatic carbocycles. The topological polar surface area (TPSA) is 104 Å². The molecule has 8 heteroatoms. The molecule has 1 fully saturated rings. The standard InChI is InChI=1S/C19H27FN6O/c1-3-23-9-11(8-21)17-15-12(10-24-19(15)27)16(20)18(26-17)25-14-7-5-4-6-13(14)22-2/h8-9,13-14,22H,3-7,10,21H2,1-2H3,(H,24,27)(H,25,26). The zero-order valence-corrected chi connectivity index (χ0v) is 15.8. The van der Waals surface area contributed by atoms with Gasteiger partial charge < -0.3 is 21.7 Å². The fourth-order valence-electron chi connectivity index (χ4n) is 3.78. The summed E-state index contributed by atoms with van der Waals surface area (Å²) < 4.78 is 15.1. The van der Waals surface area contributed by atoms with Gasteiger partial charge in [0.25, 0.3) is 5.91 Å². The Hall–Kier alpha value is -2.48. The molecule has 1 aliphatic carbocycles. The number of likely N-dealkylation sites (N-methyl/N-ethyl adjacent to an activating group) is 1. The second kappa shape index (κ2) is 8.47. The van der Waals surface area contributed by atoms with Crippen LogP contribution >= 0.6 is 0 Å². The fraction of sp³-hybridized carbons (Fsp3) is 0.526. The normalized spacial score (nSPS) is 22.8. The van der Waals surface area contributed by atoms with Crippen LogP contribution in [0.4, 0.5) is 10.2 Å². The van der Waals surface area contributed by atoms with Gasteiger partial charge in [0.15, 0.2) is 11.6 Å². The van der Waals surface area contributed by atoms with E-state index in [1.807, 2.05) is 14.0 Å². The van der Waals surface area contributed by atoms with Crippen molar-refractivity contribution in [3.8, 4) is 0 Å². The molecule has 1 aromatic rings. The van der Waals surface area contributed by atoms with Crippen LogP contribution in [0.2, 0.25) is 0 Å². The molecular weight excluding hydrogens is 347 g/mol. The van der Waals surface area contributed by atoms with E-state index in [4.69, 9.17) is 5.73 Å². The summed E-state index contributed by atoms with van der Waals surface area (Å²) in [6, 6.07) is 0.332. The van der Waals surface area contributed by atoms with E-state index in [-0.39, 0.29) is 35.9 Å². The maximum Gasteiger partial charge on any atom is 0.254 e. The molecule has 2 aliphatic rings. The highest BCUT2D eigenvalue weighted by Gasteiger charge is 2.32. The molecule has 5 N–H and O–H groups in total. The maximum absolute atomic E-state index is 15.1. The van der Waals surface area contributed by atoms with Gasteiger partial charge in [0, 0.05) is 48.7 Å². The molecule has 2 atom stereocenters. The summed E-state index contributed by atoms with van der Waals surface area (Å²) >= 11 is 0. The van der Waals surface area contributed by atoms with Crippen LogP contribution in [0.25, 0.3) is 5.57 Å². The number of fused-ring (bicyclic) bond motifs is 1. The molecule has 2 heterocycles. The van der Waals surface area contributed by atoms with E-state index < -0.39 is 5.82 Å². The first-order valence-electron chi connectivity index (χ1n) is 9.47. The quantitative estimate of drug-likeness (QED) is 0.569. The molecular formula is C19H27FN6O. The lowest BCUT2D eigenvalue weighted by atomic mass is 9.90. The Morgan fingerprint density at radius 2 is 2.15 bits per heavy atom. The number of halogens is 1. The van der Waals surface area contributed by atoms with Gasteiger partial charge in [0.05, 0.1) is 11.3 Å². The van der Waals surface area contributed by atoms with Crippen molar-refractivity contribution in [1.29, 1.82) is 0 Å². The second-order valence-electron chi connectivity index (χ2n) is 6.84. The van der Waals surface area contributed by atoms with Crippen LogP contribution in [0.1, 0.15) is 54.2 Å². The van der Waals surface area contributed by atoms with Crippen LogP contribution in [-0.4, -0.2) is 42.8 Å². The first-order chi connectivity index (χ1) is 13.1. The molecule has 7 nitrogen and oxygen atoms in total. The van der Waals surface area contributed by atoms with E-state index in [2.05, 4.69) is 25.9 Å². The van der Waals surface area contributed by atoms with E-state index in [1.54, 1.807) is 6.21 Å². The van der Waals surface area contributed by atoms with Crippen molar-refractivity contribution in [2.24, 2.45) is 10.7 Å². The first-order valence-corrected chi connectivity index (χ1v) is 9.47. The van der Waals surface area contributed by atoms with Crippen LogP contribution < -0.4 is 21.7 Å². The zero-order chi connectivity index (χ0) is 19.4. The number of pyridine rings is 1. The van der Waals surface area contributed by atoms with Crippen molar-refractivity contribution in [2.45, 2.75) is 51.2 Å². The smallest absolute Gasteiger partial charge is 0.254 e. The van der Waals surface area contributed by atoms with Crippen molar-refractivity contribution in [1.82, 2.24) is 15.6 Å². The molecule has 3 rings (SSSR count). The summed E-state index contributed by atoms with van der Waals surface area (Å²) in [4.78, 5) is 20.9. The number of carbonyl (C=O) groups is 1. The molecule has 2 unspecified atom stereocenters. The molecule has 1 saturated carbocycles. The van der Waals surface area contributed by atoms with E-state index in [9.17, 15) is 4.79 Å². The molecule has 0 saturated heterocycles. The van der Waals surface area contributed by atoms with Crippen molar-refractivity contribution in [3.63, 3.8) is 0 Å². The number of hydrogen-bond donors (Lipinski definition) is 4. The Bertz CT molecular complexity index is 776. The Labute approximate surface area is 158 Å². The van der Waals surface area contributed by atoms with Crippen molar-refractivity contribution in [2.75, 3.05) is 18.9 Å². The Balaban J connectivity index is 2.04. The minimum Gasteiger partial charge on any atom is -0.404 e. The first kappa shape index (κ1) is 19.3. The van der Waals surface area contributed by atoms with Gasteiger partial charge in [0.1, 0.15) is 0 Å². The average Bonchev–Trinajstić information content (AvgIpc) is 3.08. The molecule has 1 aromatic heterocycles. The minimum atomic E-state index is -0.476. The number of anilines is 1. The molecule has 1 amide bonds. The number of hydrogen-bond acceptors (Lipinski definition) is 6. The van der Waals surface area contributed by atoms with Gasteiger partial charge in [-0.25, -0.2) is 9.37 Å². The van der Waals surface area contributed by atoms with Crippen molar-refractivity contribution < 1.29 is 9.18 Å². The van der Waals surface area contributed by atoms with E-state index >= 15 is 4.39 Å². The molecule has 0 spiro atoms. The summed E-state index contributed by atoms with van der Waals surface area (Å²) in [7, 11) is 1.92. The van der Waals surface area contributed by atoms with Crippen LogP contribution in [0.3, 0.4) is 0 Å². The molecule has 0 radical (unpaired) electrons. The lowest BCUT2D eigenvalue weighted by Crippen LogP contribution is -2.45. The van der Waals surface area contributed by atoms with Gasteiger partial charge in [-0.05, 0) is 26.8 Å². The highest BCUT2D eigenvalue weighted by atomic mass is 19.1. The van der Waals surface area contributed by atoms with Gasteiger partial charge in [-0.1, -0.05) is 12.8 Å². The number of aromatic nitrogens is 1. The highest BCUT2D eigenvalue weighted by molar-refractivity contribution is 6.14. The lowest BCUT2D eigenvalue weighted by Gasteiger charge is -2.32. The summed E-state index contributed by atoms with van der Waals surface area (Å²) in [5.74, 6) is -0.652. The number of nitrogens with zero attached hydrogens (tertiary/aromatic N) is 2. The third-order valence-electron chi connectivity index (χ3n) is 5.21. The zero-order valence-electron chi connectivity index (χ0n) is 15.8. The number of nitrogens with two attached hydrogens (primary N) is 1. The average molecular weight is 374 g/mol. The van der Waals surface area contributed by atoms with Crippen LogP contribution in [-0.2, 0) is 6.54 Å². The predicted octanol–water partition coefficient (Wildman–Crippen LogP) is 1.80. The van der Waals surface area contributed by atoms with E-state index in [1.165, 1.54) is 6.20 Å². The van der Waals surface area contributed by atoms with Crippen molar-refractivity contribution in [3.05, 3.63) is 28.8 Å². The van der Waals surface area contributed by atoms with Crippen LogP contribution in [0, 0.1) is 5.82 Å². The van der Waals surface area contributed by atoms with Gasteiger partial charge in [-0.2, -0.15) is 0 Å². The van der Waals surface area contributed by atoms with Gasteiger partial charge in [0.2, 0.25) is 0 Å². The monoisotopic (exact) mass is 374 g/mol. The molecule has 27 heavy (non-hydrogen) atoms. The van der Waals surface area contributed by atoms with Crippen LogP contribution in [0.5, 0.6) is 0 Å². The summed E-state index contributed by atoms with van der Waals surface area (Å²) in [6.07, 6.45) is 7.14. The lowest BCUT2D eigenvalue weighted by molar-refractivity contribution is 0.0965. The number of aliphatic imine (C=N–C) groups is 1. The second-order valence-corrected chi connectivity index (χ2v) is 6.84. The summed E-state index contributed by atoms with van der Waals surface area (Å²) in [6.45, 7) is 2.62. The van der Waals surface area contributed by atoms with E-state index in [0.29, 0.717) is 23.4 Å². The maximum atomic E-state index is 15.1. The Kier molecular flexibility index (Phi) is 6.05. The number of rotatable bonds is 6. The number of amides is 1. The van der Waals surface area contributed by atoms with Crippen molar-refractivity contribution >= 4 is 23.5 Å². The Morgan fingerprint density at radius 1 is 1.41 bits per heavy atom. The summed E-state index contributed by atoms with van der Waals surface area (Å²) in [5.41, 5.74) is 7.18. The minimum absolute atomic E-state index is 0.0799. The fourth-order valence-corrected chi connectivity index (χ4v) is 3.78. The number of carbonyl (C=O) groups excluding carboxylic acids is 1. The van der Waals surface area contributed by atoms with Gasteiger partial charge in [-0.15, -0.1) is 0 Å². The van der Waals surface area contributed by atoms with Gasteiger partial charge in [-0.3, -0.25) is 9.79 Å². The van der Waals surface area contributed by atoms with Gasteiger partial charge >= 0.3 is 0 Å². The predicted molar refractivity (Wildman–Crippen MR) is 105 cm³/mol. The number of allylic oxidation sites excluding steroid dienone is 1.